The Bertz CT molecular complexity index is 276. The Hall–Kier alpha value is -0.820. The first kappa shape index (κ1) is 13.2. The summed E-state index contributed by atoms with van der Waals surface area (Å²) in [5.41, 5.74) is 2.45. The van der Waals surface area contributed by atoms with Crippen LogP contribution in [0, 0.1) is 0 Å². The lowest BCUT2D eigenvalue weighted by Crippen LogP contribution is -1.96. The van der Waals surface area contributed by atoms with Crippen molar-refractivity contribution in [3.8, 4) is 0 Å². The van der Waals surface area contributed by atoms with Gasteiger partial charge < -0.3 is 5.11 Å². The van der Waals surface area contributed by atoms with Gasteiger partial charge in [-0.25, -0.2) is 0 Å². The van der Waals surface area contributed by atoms with E-state index in [0.29, 0.717) is 0 Å². The van der Waals surface area contributed by atoms with Crippen molar-refractivity contribution in [3.05, 3.63) is 35.4 Å². The van der Waals surface area contributed by atoms with Crippen LogP contribution in [0.5, 0.6) is 0 Å². The lowest BCUT2D eigenvalue weighted by Gasteiger charge is -2.10. The second kappa shape index (κ2) is 7.45. The zero-order valence-corrected chi connectivity index (χ0v) is 10.6. The predicted octanol–water partition coefficient (Wildman–Crippen LogP) is 4.25. The van der Waals surface area contributed by atoms with Crippen LogP contribution in [0.2, 0.25) is 0 Å². The van der Waals surface area contributed by atoms with Crippen molar-refractivity contribution >= 4 is 0 Å². The molecule has 16 heavy (non-hydrogen) atoms. The molecule has 1 rings (SSSR count). The van der Waals surface area contributed by atoms with E-state index in [-0.39, 0.29) is 6.10 Å². The maximum atomic E-state index is 9.83. The first-order valence-corrected chi connectivity index (χ1v) is 6.54. The van der Waals surface area contributed by atoms with Crippen LogP contribution < -0.4 is 0 Å². The number of aliphatic hydroxyl groups is 1. The highest BCUT2D eigenvalue weighted by atomic mass is 16.3. The molecule has 0 fully saturated rings. The summed E-state index contributed by atoms with van der Waals surface area (Å²) in [5.74, 6) is 0. The van der Waals surface area contributed by atoms with Gasteiger partial charge in [-0.15, -0.1) is 0 Å². The van der Waals surface area contributed by atoms with Crippen LogP contribution in [0.1, 0.15) is 63.2 Å². The fourth-order valence-electron chi connectivity index (χ4n) is 1.93. The smallest absolute Gasteiger partial charge is 0.0790 e. The van der Waals surface area contributed by atoms with Crippen molar-refractivity contribution in [1.29, 1.82) is 0 Å². The van der Waals surface area contributed by atoms with Crippen molar-refractivity contribution in [2.45, 2.75) is 58.5 Å². The molecule has 1 aromatic rings. The molecule has 0 aliphatic rings. The van der Waals surface area contributed by atoms with Gasteiger partial charge in [0.05, 0.1) is 6.10 Å². The van der Waals surface area contributed by atoms with Crippen LogP contribution >= 0.6 is 0 Å². The molecule has 0 amide bonds. The predicted molar refractivity (Wildman–Crippen MR) is 69.5 cm³/mol. The first-order chi connectivity index (χ1) is 7.77. The van der Waals surface area contributed by atoms with E-state index in [2.05, 4.69) is 38.1 Å². The largest absolute Gasteiger partial charge is 0.388 e. The van der Waals surface area contributed by atoms with Gasteiger partial charge in [-0.2, -0.15) is 0 Å². The van der Waals surface area contributed by atoms with Crippen molar-refractivity contribution < 1.29 is 5.11 Å². The van der Waals surface area contributed by atoms with Gasteiger partial charge in [-0.05, 0) is 30.4 Å². The Morgan fingerprint density at radius 3 is 2.25 bits per heavy atom. The van der Waals surface area contributed by atoms with Gasteiger partial charge in [0, 0.05) is 0 Å². The number of hydrogen-bond acceptors (Lipinski definition) is 1. The second-order valence-corrected chi connectivity index (χ2v) is 4.50. The van der Waals surface area contributed by atoms with Crippen molar-refractivity contribution in [1.82, 2.24) is 0 Å². The highest BCUT2D eigenvalue weighted by molar-refractivity contribution is 5.24. The lowest BCUT2D eigenvalue weighted by molar-refractivity contribution is 0.166. The molecule has 0 heterocycles. The van der Waals surface area contributed by atoms with E-state index in [0.717, 1.165) is 24.8 Å². The van der Waals surface area contributed by atoms with Gasteiger partial charge in [0.25, 0.3) is 0 Å². The Labute approximate surface area is 99.5 Å². The summed E-state index contributed by atoms with van der Waals surface area (Å²) in [6.07, 6.45) is 6.61. The van der Waals surface area contributed by atoms with Crippen LogP contribution in [0.4, 0.5) is 0 Å². The van der Waals surface area contributed by atoms with Gasteiger partial charge in [-0.1, -0.05) is 57.4 Å². The van der Waals surface area contributed by atoms with Crippen LogP contribution in [0.25, 0.3) is 0 Å². The number of rotatable bonds is 7. The summed E-state index contributed by atoms with van der Waals surface area (Å²) in [6.45, 7) is 4.33. The highest BCUT2D eigenvalue weighted by Crippen LogP contribution is 2.19. The summed E-state index contributed by atoms with van der Waals surface area (Å²) >= 11 is 0. The molecule has 0 aliphatic carbocycles. The van der Waals surface area contributed by atoms with Gasteiger partial charge in [0.2, 0.25) is 0 Å². The van der Waals surface area contributed by atoms with Gasteiger partial charge in [0.1, 0.15) is 0 Å². The fourth-order valence-corrected chi connectivity index (χ4v) is 1.93. The van der Waals surface area contributed by atoms with Crippen LogP contribution in [0.15, 0.2) is 24.3 Å². The van der Waals surface area contributed by atoms with E-state index in [1.807, 2.05) is 0 Å². The molecule has 1 atom stereocenters. The first-order valence-electron chi connectivity index (χ1n) is 6.54. The van der Waals surface area contributed by atoms with E-state index < -0.39 is 0 Å². The third-order valence-electron chi connectivity index (χ3n) is 3.00. The quantitative estimate of drug-likeness (QED) is 0.681. The maximum Gasteiger partial charge on any atom is 0.0790 e. The van der Waals surface area contributed by atoms with Crippen LogP contribution in [-0.2, 0) is 6.42 Å². The lowest BCUT2D eigenvalue weighted by atomic mass is 10.0. The Kier molecular flexibility index (Phi) is 6.17. The minimum absolute atomic E-state index is 0.283. The standard InChI is InChI=1S/C15H24O/c1-3-5-6-8-13-9-11-14(12-10-13)15(16)7-4-2/h9-12,15-16H,3-8H2,1-2H3. The van der Waals surface area contributed by atoms with Crippen molar-refractivity contribution in [2.75, 3.05) is 0 Å². The minimum Gasteiger partial charge on any atom is -0.388 e. The molecule has 90 valence electrons. The van der Waals surface area contributed by atoms with Crippen molar-refractivity contribution in [3.63, 3.8) is 0 Å². The number of unbranched alkanes of at least 4 members (excludes halogenated alkanes) is 2. The number of hydrogen-bond donors (Lipinski definition) is 1. The number of benzene rings is 1. The van der Waals surface area contributed by atoms with E-state index in [1.54, 1.807) is 0 Å². The monoisotopic (exact) mass is 220 g/mol. The number of aryl methyl sites for hydroxylation is 1. The van der Waals surface area contributed by atoms with Gasteiger partial charge >= 0.3 is 0 Å². The second-order valence-electron chi connectivity index (χ2n) is 4.50. The zero-order chi connectivity index (χ0) is 11.8. The molecule has 0 saturated heterocycles. The Balaban J connectivity index is 2.47. The molecule has 0 radical (unpaired) electrons. The summed E-state index contributed by atoms with van der Waals surface area (Å²) in [6, 6.07) is 8.46. The third-order valence-corrected chi connectivity index (χ3v) is 3.00. The van der Waals surface area contributed by atoms with E-state index >= 15 is 0 Å². The SMILES string of the molecule is CCCCCc1ccc(C(O)CCC)cc1. The van der Waals surface area contributed by atoms with Gasteiger partial charge in [0.15, 0.2) is 0 Å². The Morgan fingerprint density at radius 2 is 1.69 bits per heavy atom. The normalized spacial score (nSPS) is 12.7. The summed E-state index contributed by atoms with van der Waals surface area (Å²) in [4.78, 5) is 0. The molecule has 0 aromatic heterocycles. The maximum absolute atomic E-state index is 9.83. The van der Waals surface area contributed by atoms with Crippen molar-refractivity contribution in [2.24, 2.45) is 0 Å². The topological polar surface area (TPSA) is 20.2 Å². The molecule has 1 nitrogen and oxygen atoms in total. The molecule has 1 unspecified atom stereocenters. The third kappa shape index (κ3) is 4.36. The molecule has 0 spiro atoms. The zero-order valence-electron chi connectivity index (χ0n) is 10.6. The highest BCUT2D eigenvalue weighted by Gasteiger charge is 2.05. The summed E-state index contributed by atoms with van der Waals surface area (Å²) < 4.78 is 0. The molecular formula is C15H24O. The molecule has 1 heteroatoms. The summed E-state index contributed by atoms with van der Waals surface area (Å²) in [5, 5.41) is 9.83. The van der Waals surface area contributed by atoms with E-state index in [1.165, 1.54) is 24.8 Å². The number of aliphatic hydroxyl groups excluding tert-OH is 1. The Morgan fingerprint density at radius 1 is 1.00 bits per heavy atom. The van der Waals surface area contributed by atoms with E-state index in [9.17, 15) is 5.11 Å². The van der Waals surface area contributed by atoms with E-state index in [4.69, 9.17) is 0 Å². The van der Waals surface area contributed by atoms with Crippen LogP contribution in [0.3, 0.4) is 0 Å². The summed E-state index contributed by atoms with van der Waals surface area (Å²) in [7, 11) is 0. The van der Waals surface area contributed by atoms with Gasteiger partial charge in [-0.3, -0.25) is 0 Å². The van der Waals surface area contributed by atoms with Crippen LogP contribution in [-0.4, -0.2) is 5.11 Å². The average molecular weight is 220 g/mol. The molecule has 0 aliphatic heterocycles. The molecule has 1 aromatic carbocycles. The fraction of sp³-hybridized carbons (Fsp3) is 0.600. The minimum atomic E-state index is -0.283. The molecular weight excluding hydrogens is 196 g/mol. The molecule has 0 bridgehead atoms. The molecule has 0 saturated carbocycles. The average Bonchev–Trinajstić information content (AvgIpc) is 2.30. The molecule has 1 N–H and O–H groups in total.